The summed E-state index contributed by atoms with van der Waals surface area (Å²) in [5, 5.41) is 3.86. The topological polar surface area (TPSA) is 59.3 Å². The summed E-state index contributed by atoms with van der Waals surface area (Å²) in [6, 6.07) is 24.1. The van der Waals surface area contributed by atoms with Gasteiger partial charge in [0.1, 0.15) is 5.58 Å². The van der Waals surface area contributed by atoms with Gasteiger partial charge < -0.3 is 9.73 Å². The van der Waals surface area contributed by atoms with E-state index in [2.05, 4.69) is 19.2 Å². The van der Waals surface area contributed by atoms with Crippen molar-refractivity contribution >= 4 is 22.6 Å². The molecular weight excluding hydrogens is 374 g/mol. The van der Waals surface area contributed by atoms with E-state index in [4.69, 9.17) is 4.42 Å². The Morgan fingerprint density at radius 2 is 1.73 bits per heavy atom. The monoisotopic (exact) mass is 397 g/mol. The first-order valence-corrected chi connectivity index (χ1v) is 10.1. The Morgan fingerprint density at radius 3 is 2.57 bits per heavy atom. The normalized spacial score (nSPS) is 11.9. The predicted molar refractivity (Wildman–Crippen MR) is 121 cm³/mol. The first-order valence-electron chi connectivity index (χ1n) is 10.1. The summed E-state index contributed by atoms with van der Waals surface area (Å²) in [5.41, 5.74) is 3.61. The number of fused-ring (bicyclic) bond motifs is 1. The summed E-state index contributed by atoms with van der Waals surface area (Å²) in [5.74, 6) is 0.132. The van der Waals surface area contributed by atoms with Crippen molar-refractivity contribution in [3.8, 4) is 11.1 Å². The van der Waals surface area contributed by atoms with E-state index in [0.29, 0.717) is 28.2 Å². The molecule has 0 fully saturated rings. The van der Waals surface area contributed by atoms with E-state index in [9.17, 15) is 9.59 Å². The molecule has 0 aliphatic rings. The second kappa shape index (κ2) is 8.37. The number of nitrogens with one attached hydrogen (secondary N) is 1. The van der Waals surface area contributed by atoms with Crippen LogP contribution >= 0.6 is 0 Å². The molecule has 1 amide bonds. The van der Waals surface area contributed by atoms with Crippen LogP contribution in [0.3, 0.4) is 0 Å². The van der Waals surface area contributed by atoms with Crippen molar-refractivity contribution in [3.63, 3.8) is 0 Å². The highest BCUT2D eigenvalue weighted by Gasteiger charge is 2.14. The van der Waals surface area contributed by atoms with E-state index in [1.165, 1.54) is 0 Å². The van der Waals surface area contributed by atoms with Gasteiger partial charge in [0.15, 0.2) is 0 Å². The zero-order valence-electron chi connectivity index (χ0n) is 17.0. The summed E-state index contributed by atoms with van der Waals surface area (Å²) in [6.07, 6.45) is 0.986. The molecule has 4 aromatic rings. The van der Waals surface area contributed by atoms with Crippen LogP contribution in [-0.4, -0.2) is 5.91 Å². The molecular formula is C26H23NO3. The average molecular weight is 397 g/mol. The quantitative estimate of drug-likeness (QED) is 0.406. The van der Waals surface area contributed by atoms with Crippen LogP contribution in [0.1, 0.15) is 42.1 Å². The van der Waals surface area contributed by atoms with Crippen molar-refractivity contribution in [1.82, 2.24) is 0 Å². The fourth-order valence-corrected chi connectivity index (χ4v) is 3.55. The average Bonchev–Trinajstić information content (AvgIpc) is 2.78. The van der Waals surface area contributed by atoms with Crippen LogP contribution in [0.4, 0.5) is 5.69 Å². The van der Waals surface area contributed by atoms with Crippen molar-refractivity contribution in [1.29, 1.82) is 0 Å². The Morgan fingerprint density at radius 1 is 0.967 bits per heavy atom. The van der Waals surface area contributed by atoms with Gasteiger partial charge in [-0.3, -0.25) is 4.79 Å². The molecule has 0 saturated heterocycles. The Bertz CT molecular complexity index is 1270. The maximum Gasteiger partial charge on any atom is 0.344 e. The molecule has 4 rings (SSSR count). The standard InChI is InChI=1S/C26H23NO3/c1-3-17(2)21-12-5-6-13-23(21)27-25(28)20-11-8-10-18(15-20)22-16-19-9-4-7-14-24(19)30-26(22)29/h4-17H,3H2,1-2H3,(H,27,28). The SMILES string of the molecule is CCC(C)c1ccccc1NC(=O)c1cccc(-c2cc3ccccc3oc2=O)c1. The summed E-state index contributed by atoms with van der Waals surface area (Å²) < 4.78 is 5.44. The number of rotatable bonds is 5. The number of hydrogen-bond donors (Lipinski definition) is 1. The summed E-state index contributed by atoms with van der Waals surface area (Å²) in [4.78, 5) is 25.4. The molecule has 3 aromatic carbocycles. The number of para-hydroxylation sites is 2. The first-order chi connectivity index (χ1) is 14.6. The largest absolute Gasteiger partial charge is 0.422 e. The number of anilines is 1. The van der Waals surface area contributed by atoms with Gasteiger partial charge in [0.25, 0.3) is 5.91 Å². The summed E-state index contributed by atoms with van der Waals surface area (Å²) in [6.45, 7) is 4.27. The first kappa shape index (κ1) is 19.6. The summed E-state index contributed by atoms with van der Waals surface area (Å²) >= 11 is 0. The van der Waals surface area contributed by atoms with E-state index >= 15 is 0 Å². The van der Waals surface area contributed by atoms with Gasteiger partial charge in [-0.1, -0.05) is 62.4 Å². The van der Waals surface area contributed by atoms with Gasteiger partial charge in [-0.25, -0.2) is 4.79 Å². The second-order valence-electron chi connectivity index (χ2n) is 7.42. The third-order valence-electron chi connectivity index (χ3n) is 5.43. The van der Waals surface area contributed by atoms with E-state index in [1.807, 2.05) is 48.5 Å². The van der Waals surface area contributed by atoms with Crippen molar-refractivity contribution in [2.24, 2.45) is 0 Å². The van der Waals surface area contributed by atoms with E-state index in [-0.39, 0.29) is 5.91 Å². The summed E-state index contributed by atoms with van der Waals surface area (Å²) in [7, 11) is 0. The molecule has 0 saturated carbocycles. The van der Waals surface area contributed by atoms with Gasteiger partial charge in [0.2, 0.25) is 0 Å². The Hall–Kier alpha value is -3.66. The zero-order chi connectivity index (χ0) is 21.1. The van der Waals surface area contributed by atoms with Crippen LogP contribution in [0, 0.1) is 0 Å². The van der Waals surface area contributed by atoms with Crippen molar-refractivity contribution in [2.45, 2.75) is 26.2 Å². The number of benzene rings is 3. The lowest BCUT2D eigenvalue weighted by molar-refractivity contribution is 0.102. The molecule has 4 nitrogen and oxygen atoms in total. The van der Waals surface area contributed by atoms with Gasteiger partial charge in [-0.05, 0) is 53.8 Å². The van der Waals surface area contributed by atoms with Crippen LogP contribution < -0.4 is 10.9 Å². The highest BCUT2D eigenvalue weighted by molar-refractivity contribution is 6.05. The molecule has 1 heterocycles. The number of carbonyl (C=O) groups is 1. The molecule has 1 unspecified atom stereocenters. The second-order valence-corrected chi connectivity index (χ2v) is 7.42. The minimum atomic E-state index is -0.423. The zero-order valence-corrected chi connectivity index (χ0v) is 17.0. The number of carbonyl (C=O) groups excluding carboxylic acids is 1. The lowest BCUT2D eigenvalue weighted by Gasteiger charge is -2.16. The smallest absolute Gasteiger partial charge is 0.344 e. The minimum Gasteiger partial charge on any atom is -0.422 e. The minimum absolute atomic E-state index is 0.210. The van der Waals surface area contributed by atoms with Crippen molar-refractivity contribution in [2.75, 3.05) is 5.32 Å². The van der Waals surface area contributed by atoms with Crippen LogP contribution in [0.5, 0.6) is 0 Å². The lowest BCUT2D eigenvalue weighted by Crippen LogP contribution is -2.14. The van der Waals surface area contributed by atoms with Gasteiger partial charge in [-0.2, -0.15) is 0 Å². The van der Waals surface area contributed by atoms with Crippen LogP contribution in [0.15, 0.2) is 88.1 Å². The van der Waals surface area contributed by atoms with Crippen LogP contribution in [-0.2, 0) is 0 Å². The predicted octanol–water partition coefficient (Wildman–Crippen LogP) is 6.23. The van der Waals surface area contributed by atoms with Gasteiger partial charge in [0.05, 0.1) is 5.56 Å². The van der Waals surface area contributed by atoms with Crippen LogP contribution in [0.2, 0.25) is 0 Å². The van der Waals surface area contributed by atoms with E-state index in [1.54, 1.807) is 30.3 Å². The molecule has 0 aliphatic carbocycles. The third kappa shape index (κ3) is 3.90. The van der Waals surface area contributed by atoms with E-state index < -0.39 is 5.63 Å². The maximum absolute atomic E-state index is 12.9. The maximum atomic E-state index is 12.9. The van der Waals surface area contributed by atoms with Gasteiger partial charge in [-0.15, -0.1) is 0 Å². The Balaban J connectivity index is 1.67. The lowest BCUT2D eigenvalue weighted by atomic mass is 9.96. The molecule has 1 atom stereocenters. The third-order valence-corrected chi connectivity index (χ3v) is 5.43. The highest BCUT2D eigenvalue weighted by Crippen LogP contribution is 2.27. The number of hydrogen-bond acceptors (Lipinski definition) is 3. The van der Waals surface area contributed by atoms with Crippen molar-refractivity contribution < 1.29 is 9.21 Å². The molecule has 1 N–H and O–H groups in total. The van der Waals surface area contributed by atoms with Crippen molar-refractivity contribution in [3.05, 3.63) is 100 Å². The molecule has 1 aromatic heterocycles. The van der Waals surface area contributed by atoms with E-state index in [0.717, 1.165) is 23.1 Å². The molecule has 30 heavy (non-hydrogen) atoms. The fraction of sp³-hybridized carbons (Fsp3) is 0.154. The Kier molecular flexibility index (Phi) is 5.48. The fourth-order valence-electron chi connectivity index (χ4n) is 3.55. The van der Waals surface area contributed by atoms with Gasteiger partial charge in [0, 0.05) is 16.6 Å². The molecule has 0 radical (unpaired) electrons. The molecule has 0 aliphatic heterocycles. The van der Waals surface area contributed by atoms with Gasteiger partial charge >= 0.3 is 5.63 Å². The van der Waals surface area contributed by atoms with Crippen LogP contribution in [0.25, 0.3) is 22.1 Å². The number of amides is 1. The molecule has 4 heteroatoms. The molecule has 0 bridgehead atoms. The molecule has 150 valence electrons. The molecule has 0 spiro atoms. The highest BCUT2D eigenvalue weighted by atomic mass is 16.4. The Labute approximate surface area is 175 Å².